The Hall–Kier alpha value is -3.29. The van der Waals surface area contributed by atoms with Crippen molar-refractivity contribution in [3.8, 4) is 0 Å². The maximum absolute atomic E-state index is 12.0. The summed E-state index contributed by atoms with van der Waals surface area (Å²) in [6.45, 7) is 0. The Kier molecular flexibility index (Phi) is 5.50. The van der Waals surface area contributed by atoms with Crippen LogP contribution in [0.15, 0.2) is 115 Å². The summed E-state index contributed by atoms with van der Waals surface area (Å²) < 4.78 is 0. The van der Waals surface area contributed by atoms with Crippen LogP contribution < -0.4 is 15.9 Å². The quantitative estimate of drug-likeness (QED) is 0.265. The zero-order chi connectivity index (χ0) is 20.1. The minimum absolute atomic E-state index is 0.197. The van der Waals surface area contributed by atoms with Crippen LogP contribution in [-0.2, 0) is 6.16 Å². The van der Waals surface area contributed by atoms with Crippen molar-refractivity contribution in [3.05, 3.63) is 131 Å². The number of nitro benzene ring substituents is 1. The summed E-state index contributed by atoms with van der Waals surface area (Å²) in [6, 6.07) is 38.1. The van der Waals surface area contributed by atoms with Gasteiger partial charge in [0.05, 0.1) is 0 Å². The fraction of sp³-hybridized carbons (Fsp3) is 0.0400. The molecule has 0 N–H and O–H groups in total. The van der Waals surface area contributed by atoms with E-state index in [0.717, 1.165) is 11.5 Å². The molecule has 4 aromatic carbocycles. The minimum atomic E-state index is -2.71. The first-order valence-electron chi connectivity index (χ1n) is 9.61. The molecular weight excluding hydrogens is 377 g/mol. The molecule has 0 radical (unpaired) electrons. The van der Waals surface area contributed by atoms with Crippen LogP contribution in [0, 0.1) is 10.1 Å². The molecule has 0 aromatic heterocycles. The van der Waals surface area contributed by atoms with Gasteiger partial charge in [-0.3, -0.25) is 0 Å². The van der Waals surface area contributed by atoms with Crippen LogP contribution >= 0.6 is 7.26 Å². The van der Waals surface area contributed by atoms with Gasteiger partial charge in [-0.2, -0.15) is 0 Å². The van der Waals surface area contributed by atoms with Crippen molar-refractivity contribution in [2.75, 3.05) is 0 Å². The van der Waals surface area contributed by atoms with Crippen molar-refractivity contribution in [1.29, 1.82) is 0 Å². The molecule has 0 atom stereocenters. The van der Waals surface area contributed by atoms with Gasteiger partial charge in [0.2, 0.25) is 0 Å². The van der Waals surface area contributed by atoms with Crippen molar-refractivity contribution < 1.29 is 4.92 Å². The van der Waals surface area contributed by atoms with Gasteiger partial charge in [-0.05, 0) is 0 Å². The molecule has 0 aliphatic heterocycles. The average molecular weight is 399 g/mol. The number of para-hydroxylation sites is 1. The van der Waals surface area contributed by atoms with Gasteiger partial charge >= 0.3 is 171 Å². The van der Waals surface area contributed by atoms with Gasteiger partial charge in [-0.25, -0.2) is 0 Å². The molecule has 0 aliphatic carbocycles. The molecule has 4 rings (SSSR count). The fourth-order valence-corrected chi connectivity index (χ4v) is 9.04. The number of hydrogen-bond donors (Lipinski definition) is 0. The molecule has 0 saturated carbocycles. The first-order valence-corrected chi connectivity index (χ1v) is 11.8. The molecule has 0 amide bonds. The molecule has 4 aromatic rings. The van der Waals surface area contributed by atoms with Crippen LogP contribution in [0.3, 0.4) is 0 Å². The van der Waals surface area contributed by atoms with E-state index in [9.17, 15) is 10.1 Å². The van der Waals surface area contributed by atoms with E-state index in [2.05, 4.69) is 36.4 Å². The molecule has 29 heavy (non-hydrogen) atoms. The van der Waals surface area contributed by atoms with E-state index in [1.54, 1.807) is 12.1 Å². The molecular formula is C25H22NO2P. The third-order valence-electron chi connectivity index (χ3n) is 5.41. The van der Waals surface area contributed by atoms with Gasteiger partial charge in [-0.15, -0.1) is 0 Å². The Labute approximate surface area is 171 Å². The van der Waals surface area contributed by atoms with Gasteiger partial charge < -0.3 is 0 Å². The van der Waals surface area contributed by atoms with E-state index in [1.165, 1.54) is 16.2 Å². The topological polar surface area (TPSA) is 43.1 Å². The van der Waals surface area contributed by atoms with Crippen LogP contribution in [0.25, 0.3) is 0 Å². The first kappa shape index (κ1) is 19.0. The summed E-state index contributed by atoms with van der Waals surface area (Å²) in [5.74, 6) is 0. The van der Waals surface area contributed by atoms with Crippen LogP contribution in [0.1, 0.15) is 5.56 Å². The second-order valence-corrected chi connectivity index (χ2v) is 10.9. The molecule has 0 aliphatic rings. The Morgan fingerprint density at radius 2 is 1.07 bits per heavy atom. The molecule has 4 heteroatoms. The van der Waals surface area contributed by atoms with Crippen molar-refractivity contribution in [1.82, 2.24) is 0 Å². The van der Waals surface area contributed by atoms with Crippen molar-refractivity contribution >= 4 is 28.9 Å². The zero-order valence-corrected chi connectivity index (χ0v) is 16.9. The summed E-state index contributed by atoms with van der Waals surface area (Å²) in [6.07, 6.45) is 0.757. The summed E-state index contributed by atoms with van der Waals surface area (Å²) >= 11 is 0. The van der Waals surface area contributed by atoms with Crippen molar-refractivity contribution in [3.63, 3.8) is 0 Å². The molecule has 0 bridgehead atoms. The van der Waals surface area contributed by atoms with Gasteiger partial charge in [0.1, 0.15) is 0 Å². The van der Waals surface area contributed by atoms with Gasteiger partial charge in [0, 0.05) is 0 Å². The fourth-order valence-electron chi connectivity index (χ4n) is 4.12. The summed E-state index contributed by atoms with van der Waals surface area (Å²) in [5, 5.41) is 15.2. The zero-order valence-electron chi connectivity index (χ0n) is 15.9. The third-order valence-corrected chi connectivity index (χ3v) is 10.3. The first-order chi connectivity index (χ1) is 14.2. The van der Waals surface area contributed by atoms with Gasteiger partial charge in [0.25, 0.3) is 0 Å². The summed E-state index contributed by atoms with van der Waals surface area (Å²) in [7, 11) is -2.71. The van der Waals surface area contributed by atoms with E-state index in [4.69, 9.17) is 0 Å². The summed E-state index contributed by atoms with van der Waals surface area (Å²) in [5.41, 5.74) is 1.38. The van der Waals surface area contributed by atoms with E-state index >= 15 is 0 Å². The molecule has 0 spiro atoms. The van der Waals surface area contributed by atoms with Crippen LogP contribution in [0.4, 0.5) is 5.69 Å². The SMILES string of the molecule is O=[N+]([O-])c1ccccc1[PH](Cc1ccccc1)(c1ccccc1)c1ccccc1. The Bertz CT molecular complexity index is 1060. The van der Waals surface area contributed by atoms with E-state index < -0.39 is 7.26 Å². The van der Waals surface area contributed by atoms with Gasteiger partial charge in [0.15, 0.2) is 0 Å². The molecule has 0 fully saturated rings. The Balaban J connectivity index is 2.08. The number of nitrogens with zero attached hydrogens (tertiary/aromatic N) is 1. The van der Waals surface area contributed by atoms with E-state index in [1.807, 2.05) is 66.7 Å². The molecule has 3 nitrogen and oxygen atoms in total. The maximum atomic E-state index is 12.0. The van der Waals surface area contributed by atoms with Gasteiger partial charge in [-0.1, -0.05) is 0 Å². The monoisotopic (exact) mass is 399 g/mol. The second-order valence-electron chi connectivity index (χ2n) is 7.07. The third kappa shape index (κ3) is 3.70. The number of rotatable bonds is 6. The van der Waals surface area contributed by atoms with Crippen LogP contribution in [0.5, 0.6) is 0 Å². The second kappa shape index (κ2) is 8.38. The average Bonchev–Trinajstić information content (AvgIpc) is 2.79. The van der Waals surface area contributed by atoms with E-state index in [0.29, 0.717) is 0 Å². The Morgan fingerprint density at radius 1 is 0.621 bits per heavy atom. The predicted octanol–water partition coefficient (Wildman–Crippen LogP) is 4.82. The van der Waals surface area contributed by atoms with E-state index in [-0.39, 0.29) is 10.6 Å². The van der Waals surface area contributed by atoms with Crippen molar-refractivity contribution in [2.24, 2.45) is 0 Å². The number of benzene rings is 4. The van der Waals surface area contributed by atoms with Crippen molar-refractivity contribution in [2.45, 2.75) is 6.16 Å². The van der Waals surface area contributed by atoms with Crippen LogP contribution in [-0.4, -0.2) is 4.92 Å². The standard InChI is InChI=1S/C25H22NO2P/c27-26(28)24-18-10-11-19-25(24)29(22-14-6-2-7-15-22,23-16-8-3-9-17-23)20-21-12-4-1-5-13-21/h1-19,29H,20H2. The molecule has 144 valence electrons. The van der Waals surface area contributed by atoms with Crippen LogP contribution in [0.2, 0.25) is 0 Å². The number of hydrogen-bond acceptors (Lipinski definition) is 2. The Morgan fingerprint density at radius 3 is 1.59 bits per heavy atom. The predicted molar refractivity (Wildman–Crippen MR) is 123 cm³/mol. The number of nitro groups is 1. The summed E-state index contributed by atoms with van der Waals surface area (Å²) in [4.78, 5) is 11.8. The molecule has 0 saturated heterocycles. The molecule has 0 unspecified atom stereocenters. The normalized spacial score (nSPS) is 11.7. The molecule has 0 heterocycles.